The summed E-state index contributed by atoms with van der Waals surface area (Å²) in [4.78, 5) is 17.8. The van der Waals surface area contributed by atoms with E-state index in [4.69, 9.17) is 9.26 Å². The van der Waals surface area contributed by atoms with Crippen molar-refractivity contribution in [3.8, 4) is 0 Å². The summed E-state index contributed by atoms with van der Waals surface area (Å²) in [5, 5.41) is 13.5. The normalized spacial score (nSPS) is 23.3. The van der Waals surface area contributed by atoms with Crippen LogP contribution in [0.1, 0.15) is 37.9 Å². The maximum atomic E-state index is 11.6. The fourth-order valence-electron chi connectivity index (χ4n) is 2.71. The molecule has 2 heterocycles. The van der Waals surface area contributed by atoms with E-state index in [2.05, 4.69) is 10.1 Å². The van der Waals surface area contributed by atoms with Crippen molar-refractivity contribution in [2.45, 2.75) is 44.7 Å². The Morgan fingerprint density at radius 3 is 3.05 bits per heavy atom. The Morgan fingerprint density at radius 2 is 2.40 bits per heavy atom. The van der Waals surface area contributed by atoms with Crippen LogP contribution in [0.5, 0.6) is 0 Å². The van der Waals surface area contributed by atoms with E-state index in [-0.39, 0.29) is 6.61 Å². The SMILES string of the molecule is CCCc1nc(CN2CCCC2(COC)C(=O)O)no1. The highest BCUT2D eigenvalue weighted by Gasteiger charge is 2.48. The summed E-state index contributed by atoms with van der Waals surface area (Å²) in [6.45, 7) is 3.29. The van der Waals surface area contributed by atoms with Gasteiger partial charge in [0.15, 0.2) is 5.82 Å². The monoisotopic (exact) mass is 283 g/mol. The fourth-order valence-corrected chi connectivity index (χ4v) is 2.71. The van der Waals surface area contributed by atoms with Crippen LogP contribution in [0.15, 0.2) is 4.52 Å². The number of aliphatic carboxylic acids is 1. The minimum Gasteiger partial charge on any atom is -0.480 e. The number of carbonyl (C=O) groups is 1. The Balaban J connectivity index is 2.11. The van der Waals surface area contributed by atoms with Gasteiger partial charge in [0.25, 0.3) is 0 Å². The average Bonchev–Trinajstić information content (AvgIpc) is 3.00. The molecule has 0 aliphatic carbocycles. The van der Waals surface area contributed by atoms with Gasteiger partial charge in [0, 0.05) is 13.5 Å². The maximum Gasteiger partial charge on any atom is 0.326 e. The van der Waals surface area contributed by atoms with Gasteiger partial charge in [-0.1, -0.05) is 12.1 Å². The molecule has 1 N–H and O–H groups in total. The van der Waals surface area contributed by atoms with Crippen molar-refractivity contribution in [1.29, 1.82) is 0 Å². The summed E-state index contributed by atoms with van der Waals surface area (Å²) in [6.07, 6.45) is 3.09. The van der Waals surface area contributed by atoms with Crippen LogP contribution in [-0.2, 0) is 22.5 Å². The van der Waals surface area contributed by atoms with Crippen LogP contribution in [-0.4, -0.2) is 51.9 Å². The number of hydrogen-bond donors (Lipinski definition) is 1. The molecule has 7 heteroatoms. The second-order valence-electron chi connectivity index (χ2n) is 5.15. The molecule has 1 aliphatic heterocycles. The third kappa shape index (κ3) is 2.83. The Bertz CT molecular complexity index is 462. The lowest BCUT2D eigenvalue weighted by atomic mass is 9.97. The van der Waals surface area contributed by atoms with Crippen molar-refractivity contribution >= 4 is 5.97 Å². The van der Waals surface area contributed by atoms with E-state index < -0.39 is 11.5 Å². The second-order valence-corrected chi connectivity index (χ2v) is 5.15. The molecule has 0 aromatic carbocycles. The van der Waals surface area contributed by atoms with Gasteiger partial charge < -0.3 is 14.4 Å². The van der Waals surface area contributed by atoms with E-state index >= 15 is 0 Å². The molecule has 1 atom stereocenters. The summed E-state index contributed by atoms with van der Waals surface area (Å²) < 4.78 is 10.3. The van der Waals surface area contributed by atoms with E-state index in [9.17, 15) is 9.90 Å². The van der Waals surface area contributed by atoms with Gasteiger partial charge in [0.05, 0.1) is 13.2 Å². The molecular weight excluding hydrogens is 262 g/mol. The first-order valence-electron chi connectivity index (χ1n) is 6.91. The number of carboxylic acid groups (broad SMARTS) is 1. The predicted molar refractivity (Wildman–Crippen MR) is 70.2 cm³/mol. The molecule has 112 valence electrons. The average molecular weight is 283 g/mol. The maximum absolute atomic E-state index is 11.6. The lowest BCUT2D eigenvalue weighted by Gasteiger charge is -2.33. The molecule has 20 heavy (non-hydrogen) atoms. The molecular formula is C13H21N3O4. The van der Waals surface area contributed by atoms with Crippen molar-refractivity contribution in [2.75, 3.05) is 20.3 Å². The summed E-state index contributed by atoms with van der Waals surface area (Å²) in [5.41, 5.74) is -0.972. The van der Waals surface area contributed by atoms with Gasteiger partial charge in [0.2, 0.25) is 5.89 Å². The van der Waals surface area contributed by atoms with E-state index in [1.54, 1.807) is 0 Å². The van der Waals surface area contributed by atoms with Gasteiger partial charge in [-0.25, -0.2) is 0 Å². The van der Waals surface area contributed by atoms with E-state index in [0.29, 0.717) is 31.2 Å². The van der Waals surface area contributed by atoms with Crippen molar-refractivity contribution in [3.05, 3.63) is 11.7 Å². The molecule has 1 aromatic rings. The quantitative estimate of drug-likeness (QED) is 0.801. The van der Waals surface area contributed by atoms with Crippen LogP contribution in [0, 0.1) is 0 Å². The van der Waals surface area contributed by atoms with Gasteiger partial charge in [-0.2, -0.15) is 4.98 Å². The summed E-state index contributed by atoms with van der Waals surface area (Å²) in [5.74, 6) is 0.292. The van der Waals surface area contributed by atoms with Crippen LogP contribution in [0.3, 0.4) is 0 Å². The zero-order valence-electron chi connectivity index (χ0n) is 12.0. The predicted octanol–water partition coefficient (Wildman–Crippen LogP) is 1.09. The number of methoxy groups -OCH3 is 1. The van der Waals surface area contributed by atoms with Crippen molar-refractivity contribution in [3.63, 3.8) is 0 Å². The first-order chi connectivity index (χ1) is 9.62. The first-order valence-corrected chi connectivity index (χ1v) is 6.91. The van der Waals surface area contributed by atoms with Crippen LogP contribution in [0.4, 0.5) is 0 Å². The van der Waals surface area contributed by atoms with Crippen molar-refractivity contribution < 1.29 is 19.2 Å². The van der Waals surface area contributed by atoms with Crippen molar-refractivity contribution in [1.82, 2.24) is 15.0 Å². The minimum absolute atomic E-state index is 0.169. The molecule has 1 aromatic heterocycles. The molecule has 1 saturated heterocycles. The molecule has 2 rings (SSSR count). The Labute approximate surface area is 117 Å². The van der Waals surface area contributed by atoms with Crippen LogP contribution < -0.4 is 0 Å². The zero-order valence-corrected chi connectivity index (χ0v) is 12.0. The third-order valence-electron chi connectivity index (χ3n) is 3.71. The standard InChI is InChI=1S/C13H21N3O4/c1-3-5-11-14-10(15-20-11)8-16-7-4-6-13(16,9-19-2)12(17)18/h3-9H2,1-2H3,(H,17,18). The Hall–Kier alpha value is -1.47. The molecule has 0 saturated carbocycles. The molecule has 1 fully saturated rings. The third-order valence-corrected chi connectivity index (χ3v) is 3.71. The molecule has 0 bridgehead atoms. The number of nitrogens with zero attached hydrogens (tertiary/aromatic N) is 3. The lowest BCUT2D eigenvalue weighted by Crippen LogP contribution is -2.53. The van der Waals surface area contributed by atoms with E-state index in [0.717, 1.165) is 19.3 Å². The Morgan fingerprint density at radius 1 is 1.60 bits per heavy atom. The molecule has 1 unspecified atom stereocenters. The highest BCUT2D eigenvalue weighted by atomic mass is 16.5. The largest absolute Gasteiger partial charge is 0.480 e. The van der Waals surface area contributed by atoms with Crippen LogP contribution in [0.25, 0.3) is 0 Å². The second kappa shape index (κ2) is 6.32. The highest BCUT2D eigenvalue weighted by Crippen LogP contribution is 2.31. The molecule has 0 amide bonds. The number of rotatable bonds is 7. The molecule has 7 nitrogen and oxygen atoms in total. The van der Waals surface area contributed by atoms with Gasteiger partial charge in [-0.05, 0) is 25.8 Å². The van der Waals surface area contributed by atoms with E-state index in [1.165, 1.54) is 7.11 Å². The molecule has 0 radical (unpaired) electrons. The fraction of sp³-hybridized carbons (Fsp3) is 0.769. The van der Waals surface area contributed by atoms with Gasteiger partial charge in [0.1, 0.15) is 5.54 Å². The highest BCUT2D eigenvalue weighted by molar-refractivity contribution is 5.79. The first kappa shape index (κ1) is 14.9. The van der Waals surface area contributed by atoms with Crippen molar-refractivity contribution in [2.24, 2.45) is 0 Å². The number of hydrogen-bond acceptors (Lipinski definition) is 6. The molecule has 1 aliphatic rings. The number of carboxylic acids is 1. The van der Waals surface area contributed by atoms with E-state index in [1.807, 2.05) is 11.8 Å². The number of ether oxygens (including phenoxy) is 1. The van der Waals surface area contributed by atoms with Gasteiger partial charge >= 0.3 is 5.97 Å². The summed E-state index contributed by atoms with van der Waals surface area (Å²) in [6, 6.07) is 0. The zero-order chi connectivity index (χ0) is 14.6. The number of likely N-dealkylation sites (tertiary alicyclic amines) is 1. The summed E-state index contributed by atoms with van der Waals surface area (Å²) in [7, 11) is 1.52. The Kier molecular flexibility index (Phi) is 4.72. The van der Waals surface area contributed by atoms with Crippen LogP contribution >= 0.6 is 0 Å². The molecule has 0 spiro atoms. The van der Waals surface area contributed by atoms with Crippen LogP contribution in [0.2, 0.25) is 0 Å². The summed E-state index contributed by atoms with van der Waals surface area (Å²) >= 11 is 0. The minimum atomic E-state index is -0.972. The number of aryl methyl sites for hydroxylation is 1. The van der Waals surface area contributed by atoms with Gasteiger partial charge in [-0.3, -0.25) is 9.69 Å². The van der Waals surface area contributed by atoms with Gasteiger partial charge in [-0.15, -0.1) is 0 Å². The number of aromatic nitrogens is 2. The smallest absolute Gasteiger partial charge is 0.326 e. The topological polar surface area (TPSA) is 88.7 Å². The lowest BCUT2D eigenvalue weighted by molar-refractivity contribution is -0.153.